The second-order valence-corrected chi connectivity index (χ2v) is 8.76. The van der Waals surface area contributed by atoms with Gasteiger partial charge < -0.3 is 4.74 Å². The van der Waals surface area contributed by atoms with Crippen LogP contribution in [0.4, 0.5) is 0 Å². The van der Waals surface area contributed by atoms with Gasteiger partial charge in [0.2, 0.25) is 0 Å². The lowest BCUT2D eigenvalue weighted by molar-refractivity contribution is 0.00480. The molecule has 2 saturated heterocycles. The Morgan fingerprint density at radius 3 is 2.04 bits per heavy atom. The van der Waals surface area contributed by atoms with Gasteiger partial charge in [0, 0.05) is 0 Å². The zero-order valence-corrected chi connectivity index (χ0v) is 16.2. The largest absolute Gasteiger partial charge is 0.371 e. The molecule has 0 aromatic heterocycles. The number of rotatable bonds is 5. The quantitative estimate of drug-likeness (QED) is 0.601. The van der Waals surface area contributed by atoms with Gasteiger partial charge in [-0.15, -0.1) is 0 Å². The molecule has 0 radical (unpaired) electrons. The number of allylic oxidation sites excluding steroid dienone is 1. The molecule has 2 fully saturated rings. The predicted molar refractivity (Wildman–Crippen MR) is 109 cm³/mol. The first-order valence-electron chi connectivity index (χ1n) is 9.99. The standard InChI is InChI=1S/C25H30O/c1-24(2)22(25(3)18-17-23(24)26-25)16-10-15-21(19-11-6-4-7-12-19)20-13-8-5-9-14-20/h4-9,11-15,22-23H,10,16-18H2,1-3H3/t22-,23-,25+/m1/s1. The summed E-state index contributed by atoms with van der Waals surface area (Å²) in [5, 5.41) is 0. The van der Waals surface area contributed by atoms with Crippen molar-refractivity contribution in [1.29, 1.82) is 0 Å². The maximum absolute atomic E-state index is 6.39. The van der Waals surface area contributed by atoms with Crippen LogP contribution in [0.2, 0.25) is 0 Å². The highest BCUT2D eigenvalue weighted by Gasteiger charge is 2.60. The summed E-state index contributed by atoms with van der Waals surface area (Å²) in [6, 6.07) is 21.5. The smallest absolute Gasteiger partial charge is 0.0693 e. The molecule has 0 spiro atoms. The van der Waals surface area contributed by atoms with Crippen molar-refractivity contribution in [1.82, 2.24) is 0 Å². The Labute approximate surface area is 158 Å². The van der Waals surface area contributed by atoms with E-state index in [0.29, 0.717) is 17.4 Å². The molecule has 2 bridgehead atoms. The molecule has 2 aromatic rings. The molecule has 0 saturated carbocycles. The molecule has 0 amide bonds. The fraction of sp³-hybridized carbons (Fsp3) is 0.440. The van der Waals surface area contributed by atoms with E-state index in [0.717, 1.165) is 6.42 Å². The molecule has 1 nitrogen and oxygen atoms in total. The zero-order chi connectivity index (χ0) is 18.2. The molecule has 2 heterocycles. The van der Waals surface area contributed by atoms with E-state index in [1.165, 1.54) is 36.0 Å². The summed E-state index contributed by atoms with van der Waals surface area (Å²) in [5.74, 6) is 0.637. The second-order valence-electron chi connectivity index (χ2n) is 8.76. The SMILES string of the molecule is CC1(C)[C@@H](CCC=C(c2ccccc2)c2ccccc2)[C@]2(C)CC[C@H]1O2. The van der Waals surface area contributed by atoms with Crippen molar-refractivity contribution in [3.8, 4) is 0 Å². The van der Waals surface area contributed by atoms with Gasteiger partial charge >= 0.3 is 0 Å². The Balaban J connectivity index is 1.57. The van der Waals surface area contributed by atoms with Gasteiger partial charge in [-0.05, 0) is 60.6 Å². The molecule has 136 valence electrons. The number of hydrogen-bond donors (Lipinski definition) is 0. The van der Waals surface area contributed by atoms with E-state index in [1.807, 2.05) is 0 Å². The summed E-state index contributed by atoms with van der Waals surface area (Å²) < 4.78 is 6.39. The van der Waals surface area contributed by atoms with E-state index >= 15 is 0 Å². The van der Waals surface area contributed by atoms with Gasteiger partial charge in [0.15, 0.2) is 0 Å². The molecular formula is C25H30O. The molecule has 2 aliphatic heterocycles. The van der Waals surface area contributed by atoms with Crippen LogP contribution in [-0.2, 0) is 4.74 Å². The lowest BCUT2D eigenvalue weighted by Gasteiger charge is -2.39. The van der Waals surface area contributed by atoms with E-state index in [1.54, 1.807) is 0 Å². The highest BCUT2D eigenvalue weighted by molar-refractivity contribution is 5.79. The highest BCUT2D eigenvalue weighted by atomic mass is 16.5. The van der Waals surface area contributed by atoms with Crippen LogP contribution in [0.1, 0.15) is 57.6 Å². The Kier molecular flexibility index (Phi) is 4.52. The Morgan fingerprint density at radius 2 is 1.54 bits per heavy atom. The van der Waals surface area contributed by atoms with Gasteiger partial charge in [-0.2, -0.15) is 0 Å². The van der Waals surface area contributed by atoms with Crippen LogP contribution >= 0.6 is 0 Å². The van der Waals surface area contributed by atoms with Gasteiger partial charge in [0.25, 0.3) is 0 Å². The number of ether oxygens (including phenoxy) is 1. The summed E-state index contributed by atoms with van der Waals surface area (Å²) in [5.41, 5.74) is 4.32. The summed E-state index contributed by atoms with van der Waals surface area (Å²) >= 11 is 0. The van der Waals surface area contributed by atoms with Crippen molar-refractivity contribution in [3.63, 3.8) is 0 Å². The van der Waals surface area contributed by atoms with E-state index < -0.39 is 0 Å². The number of hydrogen-bond acceptors (Lipinski definition) is 1. The Morgan fingerprint density at radius 1 is 0.962 bits per heavy atom. The molecule has 0 unspecified atom stereocenters. The maximum Gasteiger partial charge on any atom is 0.0693 e. The maximum atomic E-state index is 6.39. The van der Waals surface area contributed by atoms with Crippen LogP contribution in [0.25, 0.3) is 5.57 Å². The first-order valence-corrected chi connectivity index (χ1v) is 9.99. The number of fused-ring (bicyclic) bond motifs is 2. The molecule has 4 rings (SSSR count). The van der Waals surface area contributed by atoms with Crippen molar-refractivity contribution in [2.75, 3.05) is 0 Å². The average Bonchev–Trinajstić information content (AvgIpc) is 3.13. The summed E-state index contributed by atoms with van der Waals surface area (Å²) in [6.07, 6.45) is 7.64. The third-order valence-electron chi connectivity index (χ3n) is 6.75. The first kappa shape index (κ1) is 17.5. The monoisotopic (exact) mass is 346 g/mol. The summed E-state index contributed by atoms with van der Waals surface area (Å²) in [4.78, 5) is 0. The molecule has 26 heavy (non-hydrogen) atoms. The van der Waals surface area contributed by atoms with Crippen molar-refractivity contribution in [3.05, 3.63) is 77.9 Å². The van der Waals surface area contributed by atoms with Gasteiger partial charge in [-0.3, -0.25) is 0 Å². The third kappa shape index (κ3) is 3.03. The normalized spacial score (nSPS) is 28.9. The van der Waals surface area contributed by atoms with Crippen molar-refractivity contribution in [2.24, 2.45) is 11.3 Å². The topological polar surface area (TPSA) is 9.23 Å². The number of benzene rings is 2. The molecule has 0 aliphatic carbocycles. The van der Waals surface area contributed by atoms with E-state index in [-0.39, 0.29) is 5.60 Å². The van der Waals surface area contributed by atoms with E-state index in [4.69, 9.17) is 4.74 Å². The van der Waals surface area contributed by atoms with Crippen molar-refractivity contribution in [2.45, 2.75) is 58.2 Å². The van der Waals surface area contributed by atoms with Gasteiger partial charge in [-0.25, -0.2) is 0 Å². The minimum atomic E-state index is 0.0850. The highest BCUT2D eigenvalue weighted by Crippen LogP contribution is 2.59. The minimum Gasteiger partial charge on any atom is -0.371 e. The fourth-order valence-corrected chi connectivity index (χ4v) is 5.36. The molecule has 1 heteroatoms. The first-order chi connectivity index (χ1) is 12.5. The van der Waals surface area contributed by atoms with Crippen LogP contribution in [0.3, 0.4) is 0 Å². The van der Waals surface area contributed by atoms with Crippen molar-refractivity contribution >= 4 is 5.57 Å². The van der Waals surface area contributed by atoms with Gasteiger partial charge in [-0.1, -0.05) is 80.6 Å². The fourth-order valence-electron chi connectivity index (χ4n) is 5.36. The van der Waals surface area contributed by atoms with Crippen LogP contribution in [0.5, 0.6) is 0 Å². The Bertz CT molecular complexity index is 728. The van der Waals surface area contributed by atoms with Crippen LogP contribution in [0, 0.1) is 11.3 Å². The lowest BCUT2D eigenvalue weighted by atomic mass is 9.62. The lowest BCUT2D eigenvalue weighted by Crippen LogP contribution is -2.40. The second kappa shape index (κ2) is 6.70. The molecule has 2 aliphatic rings. The van der Waals surface area contributed by atoms with Gasteiger partial charge in [0.1, 0.15) is 0 Å². The van der Waals surface area contributed by atoms with E-state index in [9.17, 15) is 0 Å². The summed E-state index contributed by atoms with van der Waals surface area (Å²) in [7, 11) is 0. The zero-order valence-electron chi connectivity index (χ0n) is 16.2. The Hall–Kier alpha value is -1.86. The molecular weight excluding hydrogens is 316 g/mol. The predicted octanol–water partition coefficient (Wildman–Crippen LogP) is 6.49. The minimum absolute atomic E-state index is 0.0850. The molecule has 2 aromatic carbocycles. The molecule has 3 atom stereocenters. The summed E-state index contributed by atoms with van der Waals surface area (Å²) in [6.45, 7) is 7.16. The molecule has 0 N–H and O–H groups in total. The van der Waals surface area contributed by atoms with E-state index in [2.05, 4.69) is 87.5 Å². The third-order valence-corrected chi connectivity index (χ3v) is 6.75. The van der Waals surface area contributed by atoms with Crippen LogP contribution in [0.15, 0.2) is 66.7 Å². The van der Waals surface area contributed by atoms with Crippen LogP contribution < -0.4 is 0 Å². The average molecular weight is 347 g/mol. The van der Waals surface area contributed by atoms with Gasteiger partial charge in [0.05, 0.1) is 11.7 Å². The van der Waals surface area contributed by atoms with Crippen molar-refractivity contribution < 1.29 is 4.74 Å². The van der Waals surface area contributed by atoms with Crippen LogP contribution in [-0.4, -0.2) is 11.7 Å².